The summed E-state index contributed by atoms with van der Waals surface area (Å²) >= 11 is 1.68. The molecule has 0 aliphatic carbocycles. The third kappa shape index (κ3) is 3.30. The molecule has 1 N–H and O–H groups in total. The Hall–Kier alpha value is -1.36. The van der Waals surface area contributed by atoms with Crippen LogP contribution in [0.15, 0.2) is 17.8 Å². The van der Waals surface area contributed by atoms with Crippen molar-refractivity contribution in [2.24, 2.45) is 0 Å². The van der Waals surface area contributed by atoms with Gasteiger partial charge in [0.1, 0.15) is 5.01 Å². The fraction of sp³-hybridized carbons (Fsp3) is 0.500. The number of nitrogens with one attached hydrogen (secondary N) is 1. The third-order valence-corrected chi connectivity index (χ3v) is 3.26. The van der Waals surface area contributed by atoms with Crippen LogP contribution in [0.25, 0.3) is 0 Å². The van der Waals surface area contributed by atoms with E-state index in [1.165, 1.54) is 12.8 Å². The second kappa shape index (κ2) is 5.82. The van der Waals surface area contributed by atoms with Crippen LogP contribution in [0.1, 0.15) is 30.5 Å². The van der Waals surface area contributed by atoms with Crippen molar-refractivity contribution in [1.29, 1.82) is 0 Å². The number of thiazole rings is 1. The van der Waals surface area contributed by atoms with E-state index in [9.17, 15) is 0 Å². The van der Waals surface area contributed by atoms with E-state index in [0.29, 0.717) is 0 Å². The van der Waals surface area contributed by atoms with Crippen LogP contribution in [0.5, 0.6) is 0 Å². The van der Waals surface area contributed by atoms with Gasteiger partial charge in [0.05, 0.1) is 12.2 Å². The Balaban J connectivity index is 2.05. The van der Waals surface area contributed by atoms with Gasteiger partial charge in [0, 0.05) is 24.3 Å². The van der Waals surface area contributed by atoms with Crippen LogP contribution in [0, 0.1) is 6.92 Å². The molecule has 0 radical (unpaired) electrons. The second-order valence-electron chi connectivity index (χ2n) is 4.04. The molecule has 2 aromatic rings. The largest absolute Gasteiger partial charge is 0.356 e. The molecule has 0 aliphatic heterocycles. The zero-order valence-electron chi connectivity index (χ0n) is 10.3. The first-order valence-electron chi connectivity index (χ1n) is 5.95. The highest BCUT2D eigenvalue weighted by Gasteiger charge is 2.06. The van der Waals surface area contributed by atoms with Crippen molar-refractivity contribution < 1.29 is 0 Å². The van der Waals surface area contributed by atoms with Gasteiger partial charge in [-0.3, -0.25) is 0 Å². The fourth-order valence-corrected chi connectivity index (χ4v) is 2.28. The van der Waals surface area contributed by atoms with Crippen molar-refractivity contribution in [2.75, 3.05) is 11.9 Å². The summed E-state index contributed by atoms with van der Waals surface area (Å²) in [6.07, 6.45) is 6.27. The summed E-state index contributed by atoms with van der Waals surface area (Å²) in [5.74, 6) is 0.950. The Morgan fingerprint density at radius 1 is 1.47 bits per heavy atom. The first kappa shape index (κ1) is 12.1. The zero-order chi connectivity index (χ0) is 12.1. The maximum Gasteiger partial charge on any atom is 0.203 e. The van der Waals surface area contributed by atoms with Gasteiger partial charge < -0.3 is 9.88 Å². The molecule has 0 aliphatic rings. The highest BCUT2D eigenvalue weighted by atomic mass is 32.1. The van der Waals surface area contributed by atoms with Crippen LogP contribution >= 0.6 is 11.3 Å². The molecule has 4 nitrogen and oxygen atoms in total. The van der Waals surface area contributed by atoms with E-state index in [1.54, 1.807) is 11.3 Å². The molecule has 5 heteroatoms. The fourth-order valence-electron chi connectivity index (χ4n) is 1.66. The van der Waals surface area contributed by atoms with Gasteiger partial charge in [-0.2, -0.15) is 0 Å². The van der Waals surface area contributed by atoms with Crippen molar-refractivity contribution in [1.82, 2.24) is 14.5 Å². The Labute approximate surface area is 106 Å². The summed E-state index contributed by atoms with van der Waals surface area (Å²) in [7, 11) is 0. The molecule has 0 saturated heterocycles. The van der Waals surface area contributed by atoms with E-state index in [-0.39, 0.29) is 0 Å². The topological polar surface area (TPSA) is 42.7 Å². The number of imidazole rings is 1. The highest BCUT2D eigenvalue weighted by Crippen LogP contribution is 2.13. The molecule has 0 aromatic carbocycles. The standard InChI is InChI=1S/C12H18N4S/c1-3-4-5-14-12-15-10(2)8-16(12)9-11-13-6-7-17-11/h6-8H,3-5,9H2,1-2H3,(H,14,15). The quantitative estimate of drug-likeness (QED) is 0.802. The van der Waals surface area contributed by atoms with Crippen molar-refractivity contribution >= 4 is 17.3 Å². The Morgan fingerprint density at radius 2 is 2.35 bits per heavy atom. The van der Waals surface area contributed by atoms with Crippen LogP contribution < -0.4 is 5.32 Å². The summed E-state index contributed by atoms with van der Waals surface area (Å²) in [5, 5.41) is 6.49. The zero-order valence-corrected chi connectivity index (χ0v) is 11.1. The number of aryl methyl sites for hydroxylation is 1. The molecule has 92 valence electrons. The molecule has 2 heterocycles. The predicted octanol–water partition coefficient (Wildman–Crippen LogP) is 2.91. The van der Waals surface area contributed by atoms with Gasteiger partial charge in [-0.15, -0.1) is 11.3 Å². The average molecular weight is 250 g/mol. The van der Waals surface area contributed by atoms with Gasteiger partial charge in [-0.05, 0) is 13.3 Å². The van der Waals surface area contributed by atoms with Crippen molar-refractivity contribution in [2.45, 2.75) is 33.2 Å². The van der Waals surface area contributed by atoms with Gasteiger partial charge in [0.2, 0.25) is 5.95 Å². The molecular weight excluding hydrogens is 232 g/mol. The Morgan fingerprint density at radius 3 is 3.06 bits per heavy atom. The number of hydrogen-bond acceptors (Lipinski definition) is 4. The predicted molar refractivity (Wildman–Crippen MR) is 71.6 cm³/mol. The van der Waals surface area contributed by atoms with Gasteiger partial charge in [-0.1, -0.05) is 13.3 Å². The second-order valence-corrected chi connectivity index (χ2v) is 5.02. The summed E-state index contributed by atoms with van der Waals surface area (Å²) in [6, 6.07) is 0. The molecule has 0 unspecified atom stereocenters. The highest BCUT2D eigenvalue weighted by molar-refractivity contribution is 7.09. The van der Waals surface area contributed by atoms with Crippen molar-refractivity contribution in [3.8, 4) is 0 Å². The van der Waals surface area contributed by atoms with Crippen LogP contribution in [0.4, 0.5) is 5.95 Å². The van der Waals surface area contributed by atoms with E-state index in [1.807, 2.05) is 18.5 Å². The first-order valence-corrected chi connectivity index (χ1v) is 6.83. The summed E-state index contributed by atoms with van der Waals surface area (Å²) in [6.45, 7) is 5.98. The SMILES string of the molecule is CCCCNc1nc(C)cn1Cc1nccs1. The maximum atomic E-state index is 4.49. The van der Waals surface area contributed by atoms with E-state index < -0.39 is 0 Å². The van der Waals surface area contributed by atoms with Crippen molar-refractivity contribution in [3.05, 3.63) is 28.5 Å². The van der Waals surface area contributed by atoms with E-state index in [4.69, 9.17) is 0 Å². The minimum atomic E-state index is 0.799. The third-order valence-electron chi connectivity index (χ3n) is 2.50. The van der Waals surface area contributed by atoms with Gasteiger partial charge >= 0.3 is 0 Å². The van der Waals surface area contributed by atoms with Gasteiger partial charge in [0.15, 0.2) is 0 Å². The van der Waals surface area contributed by atoms with Crippen molar-refractivity contribution in [3.63, 3.8) is 0 Å². The molecule has 0 saturated carbocycles. The van der Waals surface area contributed by atoms with Crippen LogP contribution in [-0.2, 0) is 6.54 Å². The van der Waals surface area contributed by atoms with Crippen LogP contribution in [0.3, 0.4) is 0 Å². The number of nitrogens with zero attached hydrogens (tertiary/aromatic N) is 3. The summed E-state index contributed by atoms with van der Waals surface area (Å²) < 4.78 is 2.13. The minimum absolute atomic E-state index is 0.799. The average Bonchev–Trinajstić information content (AvgIpc) is 2.90. The smallest absolute Gasteiger partial charge is 0.203 e. The lowest BCUT2D eigenvalue weighted by Gasteiger charge is -2.07. The molecule has 17 heavy (non-hydrogen) atoms. The molecular formula is C12H18N4S. The lowest BCUT2D eigenvalue weighted by molar-refractivity contribution is 0.771. The maximum absolute atomic E-state index is 4.49. The minimum Gasteiger partial charge on any atom is -0.356 e. The van der Waals surface area contributed by atoms with Crippen LogP contribution in [-0.4, -0.2) is 21.1 Å². The molecule has 2 rings (SSSR count). The molecule has 0 spiro atoms. The normalized spacial score (nSPS) is 10.7. The van der Waals surface area contributed by atoms with Crippen LogP contribution in [0.2, 0.25) is 0 Å². The number of aromatic nitrogens is 3. The molecule has 2 aromatic heterocycles. The van der Waals surface area contributed by atoms with E-state index in [0.717, 1.165) is 29.7 Å². The molecule has 0 fully saturated rings. The lowest BCUT2D eigenvalue weighted by Crippen LogP contribution is -2.09. The first-order chi connectivity index (χ1) is 8.29. The molecule has 0 bridgehead atoms. The van der Waals surface area contributed by atoms with Gasteiger partial charge in [-0.25, -0.2) is 9.97 Å². The number of hydrogen-bond donors (Lipinski definition) is 1. The Bertz CT molecular complexity index is 447. The van der Waals surface area contributed by atoms with E-state index >= 15 is 0 Å². The lowest BCUT2D eigenvalue weighted by atomic mass is 10.3. The summed E-state index contributed by atoms with van der Waals surface area (Å²) in [5.41, 5.74) is 1.04. The number of rotatable bonds is 6. The molecule has 0 amide bonds. The number of anilines is 1. The summed E-state index contributed by atoms with van der Waals surface area (Å²) in [4.78, 5) is 8.79. The van der Waals surface area contributed by atoms with E-state index in [2.05, 4.69) is 33.0 Å². The number of unbranched alkanes of at least 4 members (excludes halogenated alkanes) is 1. The monoisotopic (exact) mass is 250 g/mol. The Kier molecular flexibility index (Phi) is 4.14. The van der Waals surface area contributed by atoms with Gasteiger partial charge in [0.25, 0.3) is 0 Å². The molecule has 0 atom stereocenters.